The Morgan fingerprint density at radius 3 is 2.59 bits per heavy atom. The number of carbonyl (C=O) groups is 1. The predicted molar refractivity (Wildman–Crippen MR) is 107 cm³/mol. The Hall–Kier alpha value is -2.34. The summed E-state index contributed by atoms with van der Waals surface area (Å²) in [4.78, 5) is 12.6. The lowest BCUT2D eigenvalue weighted by molar-refractivity contribution is 0.0949. The van der Waals surface area contributed by atoms with Gasteiger partial charge in [-0.2, -0.15) is 0 Å². The van der Waals surface area contributed by atoms with Crippen molar-refractivity contribution in [2.75, 3.05) is 25.2 Å². The number of amides is 1. The van der Waals surface area contributed by atoms with Crippen LogP contribution in [0.2, 0.25) is 0 Å². The summed E-state index contributed by atoms with van der Waals surface area (Å²) in [6, 6.07) is 15.5. The van der Waals surface area contributed by atoms with E-state index in [9.17, 15) is 13.2 Å². The van der Waals surface area contributed by atoms with Crippen LogP contribution in [0.15, 0.2) is 48.5 Å². The van der Waals surface area contributed by atoms with E-state index in [2.05, 4.69) is 5.32 Å². The average molecular weight is 388 g/mol. The van der Waals surface area contributed by atoms with Crippen molar-refractivity contribution >= 4 is 15.7 Å². The number of carbonyl (C=O) groups excluding carboxylic acids is 1. The molecule has 0 aromatic heterocycles. The zero-order valence-electron chi connectivity index (χ0n) is 15.5. The summed E-state index contributed by atoms with van der Waals surface area (Å²) in [5.74, 6) is 1.17. The van der Waals surface area contributed by atoms with Crippen LogP contribution in [0.25, 0.3) is 11.1 Å². The van der Waals surface area contributed by atoms with E-state index in [0.717, 1.165) is 30.4 Å². The first kappa shape index (κ1) is 19.4. The highest BCUT2D eigenvalue weighted by atomic mass is 32.2. The topological polar surface area (TPSA) is 72.5 Å². The SMILES string of the molecule is COc1ccc(-c2ccccc2)cc1C(=O)NCCCC1CCS(=O)(=O)C1. The summed E-state index contributed by atoms with van der Waals surface area (Å²) in [5.41, 5.74) is 2.50. The summed E-state index contributed by atoms with van der Waals surface area (Å²) >= 11 is 0. The largest absolute Gasteiger partial charge is 0.496 e. The van der Waals surface area contributed by atoms with Gasteiger partial charge in [-0.1, -0.05) is 36.4 Å². The lowest BCUT2D eigenvalue weighted by Gasteiger charge is -2.12. The van der Waals surface area contributed by atoms with E-state index >= 15 is 0 Å². The molecule has 6 heteroatoms. The Bertz CT molecular complexity index is 894. The van der Waals surface area contributed by atoms with E-state index in [1.807, 2.05) is 42.5 Å². The molecule has 1 heterocycles. The molecule has 144 valence electrons. The van der Waals surface area contributed by atoms with Gasteiger partial charge in [-0.05, 0) is 48.4 Å². The minimum atomic E-state index is -2.84. The van der Waals surface area contributed by atoms with E-state index in [4.69, 9.17) is 4.74 Å². The molecule has 2 aromatic rings. The smallest absolute Gasteiger partial charge is 0.255 e. The summed E-state index contributed by atoms with van der Waals surface area (Å²) < 4.78 is 28.3. The second-order valence-electron chi connectivity index (χ2n) is 6.95. The normalized spacial score (nSPS) is 18.2. The second-order valence-corrected chi connectivity index (χ2v) is 9.18. The maximum Gasteiger partial charge on any atom is 0.255 e. The summed E-state index contributed by atoms with van der Waals surface area (Å²) in [6.45, 7) is 0.522. The van der Waals surface area contributed by atoms with Crippen molar-refractivity contribution in [2.45, 2.75) is 19.3 Å². The first-order valence-electron chi connectivity index (χ1n) is 9.20. The molecule has 0 spiro atoms. The summed E-state index contributed by atoms with van der Waals surface area (Å²) in [6.07, 6.45) is 2.33. The van der Waals surface area contributed by atoms with Crippen LogP contribution in [0.5, 0.6) is 5.75 Å². The molecule has 0 aliphatic carbocycles. The number of methoxy groups -OCH3 is 1. The Morgan fingerprint density at radius 1 is 1.15 bits per heavy atom. The van der Waals surface area contributed by atoms with Gasteiger partial charge < -0.3 is 10.1 Å². The molecule has 1 amide bonds. The Balaban J connectivity index is 1.60. The number of hydrogen-bond donors (Lipinski definition) is 1. The number of benzene rings is 2. The number of sulfone groups is 1. The average Bonchev–Trinajstić information content (AvgIpc) is 3.04. The lowest BCUT2D eigenvalue weighted by Crippen LogP contribution is -2.25. The Kier molecular flexibility index (Phi) is 6.16. The van der Waals surface area contributed by atoms with Crippen molar-refractivity contribution in [2.24, 2.45) is 5.92 Å². The van der Waals surface area contributed by atoms with Crippen LogP contribution in [-0.2, 0) is 9.84 Å². The molecular formula is C21H25NO4S. The van der Waals surface area contributed by atoms with Crippen LogP contribution in [0.4, 0.5) is 0 Å². The molecule has 1 fully saturated rings. The molecule has 1 unspecified atom stereocenters. The minimum Gasteiger partial charge on any atom is -0.496 e. The Morgan fingerprint density at radius 2 is 1.93 bits per heavy atom. The van der Waals surface area contributed by atoms with Crippen LogP contribution in [0, 0.1) is 5.92 Å². The zero-order valence-corrected chi connectivity index (χ0v) is 16.3. The highest BCUT2D eigenvalue weighted by Crippen LogP contribution is 2.27. The van der Waals surface area contributed by atoms with Crippen LogP contribution in [0.3, 0.4) is 0 Å². The molecule has 27 heavy (non-hydrogen) atoms. The van der Waals surface area contributed by atoms with Gasteiger partial charge in [-0.3, -0.25) is 4.79 Å². The van der Waals surface area contributed by atoms with Gasteiger partial charge >= 0.3 is 0 Å². The summed E-state index contributed by atoms with van der Waals surface area (Å²) in [5, 5.41) is 2.93. The third kappa shape index (κ3) is 5.10. The van der Waals surface area contributed by atoms with E-state index in [-0.39, 0.29) is 17.6 Å². The Labute approximate surface area is 160 Å². The van der Waals surface area contributed by atoms with Crippen molar-refractivity contribution < 1.29 is 17.9 Å². The third-order valence-corrected chi connectivity index (χ3v) is 6.79. The van der Waals surface area contributed by atoms with Crippen molar-refractivity contribution in [3.63, 3.8) is 0 Å². The maximum absolute atomic E-state index is 12.6. The second kappa shape index (κ2) is 8.57. The highest BCUT2D eigenvalue weighted by Gasteiger charge is 2.27. The third-order valence-electron chi connectivity index (χ3n) is 4.95. The van der Waals surface area contributed by atoms with Gasteiger partial charge in [0.2, 0.25) is 0 Å². The molecule has 3 rings (SSSR count). The van der Waals surface area contributed by atoms with Crippen molar-refractivity contribution in [3.05, 3.63) is 54.1 Å². The van der Waals surface area contributed by atoms with Gasteiger partial charge in [0, 0.05) is 6.54 Å². The number of rotatable bonds is 7. The minimum absolute atomic E-state index is 0.177. The number of ether oxygens (including phenoxy) is 1. The van der Waals surface area contributed by atoms with Crippen molar-refractivity contribution in [1.29, 1.82) is 0 Å². The van der Waals surface area contributed by atoms with Gasteiger partial charge in [0.05, 0.1) is 24.2 Å². The highest BCUT2D eigenvalue weighted by molar-refractivity contribution is 7.91. The van der Waals surface area contributed by atoms with E-state index < -0.39 is 9.84 Å². The summed E-state index contributed by atoms with van der Waals surface area (Å²) in [7, 11) is -1.29. The maximum atomic E-state index is 12.6. The molecule has 0 bridgehead atoms. The van der Waals surface area contributed by atoms with E-state index in [0.29, 0.717) is 23.6 Å². The first-order chi connectivity index (χ1) is 13.0. The van der Waals surface area contributed by atoms with E-state index in [1.54, 1.807) is 13.2 Å². The zero-order chi connectivity index (χ0) is 19.3. The predicted octanol–water partition coefficient (Wildman–Crippen LogP) is 3.31. The fraction of sp³-hybridized carbons (Fsp3) is 0.381. The monoisotopic (exact) mass is 387 g/mol. The van der Waals surface area contributed by atoms with Gasteiger partial charge in [-0.25, -0.2) is 8.42 Å². The quantitative estimate of drug-likeness (QED) is 0.740. The van der Waals surface area contributed by atoms with Crippen molar-refractivity contribution in [1.82, 2.24) is 5.32 Å². The molecule has 5 nitrogen and oxygen atoms in total. The standard InChI is InChI=1S/C21H25NO4S/c1-26-20-10-9-18(17-7-3-2-4-8-17)14-19(20)21(23)22-12-5-6-16-11-13-27(24,25)15-16/h2-4,7-10,14,16H,5-6,11-13,15H2,1H3,(H,22,23). The molecule has 1 saturated heterocycles. The van der Waals surface area contributed by atoms with Gasteiger partial charge in [0.25, 0.3) is 5.91 Å². The van der Waals surface area contributed by atoms with Gasteiger partial charge in [-0.15, -0.1) is 0 Å². The molecule has 0 saturated carbocycles. The molecule has 1 N–H and O–H groups in total. The number of nitrogens with one attached hydrogen (secondary N) is 1. The first-order valence-corrected chi connectivity index (χ1v) is 11.0. The van der Waals surface area contributed by atoms with Crippen LogP contribution < -0.4 is 10.1 Å². The van der Waals surface area contributed by atoms with Crippen LogP contribution in [-0.4, -0.2) is 39.5 Å². The molecule has 1 aliphatic rings. The van der Waals surface area contributed by atoms with Gasteiger partial charge in [0.15, 0.2) is 9.84 Å². The molecule has 1 aliphatic heterocycles. The van der Waals surface area contributed by atoms with E-state index in [1.165, 1.54) is 0 Å². The van der Waals surface area contributed by atoms with Crippen molar-refractivity contribution in [3.8, 4) is 16.9 Å². The molecule has 2 aromatic carbocycles. The van der Waals surface area contributed by atoms with Gasteiger partial charge in [0.1, 0.15) is 5.75 Å². The number of hydrogen-bond acceptors (Lipinski definition) is 4. The van der Waals surface area contributed by atoms with Crippen LogP contribution in [0.1, 0.15) is 29.6 Å². The van der Waals surface area contributed by atoms with Crippen LogP contribution >= 0.6 is 0 Å². The lowest BCUT2D eigenvalue weighted by atomic mass is 10.0. The molecule has 1 atom stereocenters. The molecular weight excluding hydrogens is 362 g/mol. The molecule has 0 radical (unpaired) electrons. The fourth-order valence-corrected chi connectivity index (χ4v) is 5.39. The fourth-order valence-electron chi connectivity index (χ4n) is 3.48.